The molecule has 0 radical (unpaired) electrons. The van der Waals surface area contributed by atoms with Gasteiger partial charge in [-0.05, 0) is 29.3 Å². The average Bonchev–Trinajstić information content (AvgIpc) is 3.23. The Bertz CT molecular complexity index is 1040. The molecule has 3 aromatic carbocycles. The van der Waals surface area contributed by atoms with Crippen molar-refractivity contribution in [3.05, 3.63) is 96.1 Å². The maximum atomic E-state index is 5.20. The standard InChI is InChI=1S/C25H25N3/c1-24(2)21-16-10-11-17-23(21)27(3)25(24)18-22(19-12-6-4-7-13-19)26-28(25)20-14-8-5-9-15-20/h4-17H,18H2,1-3H3. The van der Waals surface area contributed by atoms with Crippen molar-refractivity contribution >= 4 is 17.1 Å². The van der Waals surface area contributed by atoms with E-state index in [1.54, 1.807) is 0 Å². The van der Waals surface area contributed by atoms with Crippen LogP contribution in [-0.4, -0.2) is 18.4 Å². The minimum absolute atomic E-state index is 0.103. The van der Waals surface area contributed by atoms with Gasteiger partial charge in [0.1, 0.15) is 5.66 Å². The zero-order valence-electron chi connectivity index (χ0n) is 16.6. The van der Waals surface area contributed by atoms with Gasteiger partial charge in [0.2, 0.25) is 0 Å². The number of hydrogen-bond acceptors (Lipinski definition) is 3. The second kappa shape index (κ2) is 5.96. The summed E-state index contributed by atoms with van der Waals surface area (Å²) in [5.41, 5.74) is 5.73. The summed E-state index contributed by atoms with van der Waals surface area (Å²) in [6.45, 7) is 4.71. The molecule has 0 bridgehead atoms. The molecule has 3 heteroatoms. The van der Waals surface area contributed by atoms with E-state index < -0.39 is 0 Å². The number of benzene rings is 3. The fraction of sp³-hybridized carbons (Fsp3) is 0.240. The van der Waals surface area contributed by atoms with Crippen LogP contribution in [0.2, 0.25) is 0 Å². The van der Waals surface area contributed by atoms with Gasteiger partial charge in [0.05, 0.1) is 11.4 Å². The fourth-order valence-corrected chi connectivity index (χ4v) is 5.05. The first-order chi connectivity index (χ1) is 13.6. The minimum atomic E-state index is -0.288. The van der Waals surface area contributed by atoms with Gasteiger partial charge in [-0.25, -0.2) is 5.01 Å². The summed E-state index contributed by atoms with van der Waals surface area (Å²) < 4.78 is 0. The lowest BCUT2D eigenvalue weighted by atomic mass is 9.73. The number of nitrogens with zero attached hydrogens (tertiary/aromatic N) is 3. The molecule has 3 nitrogen and oxygen atoms in total. The van der Waals surface area contributed by atoms with Gasteiger partial charge >= 0.3 is 0 Å². The Labute approximate surface area is 166 Å². The maximum Gasteiger partial charge on any atom is 0.149 e. The SMILES string of the molecule is CN1c2ccccc2C(C)(C)C12CC(c1ccccc1)=NN2c1ccccc1. The molecule has 0 saturated heterocycles. The van der Waals surface area contributed by atoms with Crippen molar-refractivity contribution in [2.45, 2.75) is 31.3 Å². The predicted molar refractivity (Wildman–Crippen MR) is 117 cm³/mol. The van der Waals surface area contributed by atoms with Gasteiger partial charge in [-0.2, -0.15) is 5.10 Å². The van der Waals surface area contributed by atoms with Crippen LogP contribution >= 0.6 is 0 Å². The molecular weight excluding hydrogens is 342 g/mol. The molecule has 0 fully saturated rings. The number of anilines is 2. The number of hydrogen-bond donors (Lipinski definition) is 0. The first-order valence-electron chi connectivity index (χ1n) is 9.87. The highest BCUT2D eigenvalue weighted by Crippen LogP contribution is 2.57. The number of likely N-dealkylation sites (N-methyl/N-ethyl adjacent to an activating group) is 1. The molecule has 140 valence electrons. The molecule has 1 atom stereocenters. The van der Waals surface area contributed by atoms with Gasteiger partial charge in [0.15, 0.2) is 0 Å². The van der Waals surface area contributed by atoms with Crippen molar-refractivity contribution in [2.75, 3.05) is 17.0 Å². The van der Waals surface area contributed by atoms with Crippen molar-refractivity contribution in [1.29, 1.82) is 0 Å². The van der Waals surface area contributed by atoms with Crippen molar-refractivity contribution in [3.63, 3.8) is 0 Å². The summed E-state index contributed by atoms with van der Waals surface area (Å²) in [6, 6.07) is 29.9. The molecule has 0 N–H and O–H groups in total. The van der Waals surface area contributed by atoms with Crippen LogP contribution in [0.15, 0.2) is 90.0 Å². The first kappa shape index (κ1) is 17.1. The van der Waals surface area contributed by atoms with Crippen molar-refractivity contribution < 1.29 is 0 Å². The second-order valence-corrected chi connectivity index (χ2v) is 8.25. The summed E-state index contributed by atoms with van der Waals surface area (Å²) >= 11 is 0. The van der Waals surface area contributed by atoms with Crippen LogP contribution in [0.4, 0.5) is 11.4 Å². The molecule has 2 heterocycles. The van der Waals surface area contributed by atoms with Crippen LogP contribution in [0.5, 0.6) is 0 Å². The Hall–Kier alpha value is -3.07. The monoisotopic (exact) mass is 367 g/mol. The number of rotatable bonds is 2. The van der Waals surface area contributed by atoms with Crippen LogP contribution in [0.1, 0.15) is 31.4 Å². The topological polar surface area (TPSA) is 18.8 Å². The molecule has 0 saturated carbocycles. The van der Waals surface area contributed by atoms with Gasteiger partial charge in [-0.1, -0.05) is 80.6 Å². The average molecular weight is 367 g/mol. The minimum Gasteiger partial charge on any atom is -0.349 e. The van der Waals surface area contributed by atoms with Crippen LogP contribution < -0.4 is 9.91 Å². The summed E-state index contributed by atoms with van der Waals surface area (Å²) in [7, 11) is 2.22. The third-order valence-electron chi connectivity index (χ3n) is 6.59. The molecule has 1 unspecified atom stereocenters. The normalized spacial score (nSPS) is 22.5. The van der Waals surface area contributed by atoms with E-state index in [4.69, 9.17) is 5.10 Å². The van der Waals surface area contributed by atoms with E-state index in [1.807, 2.05) is 0 Å². The zero-order valence-corrected chi connectivity index (χ0v) is 16.6. The Morgan fingerprint density at radius 1 is 0.786 bits per heavy atom. The molecule has 0 aliphatic carbocycles. The van der Waals surface area contributed by atoms with E-state index in [9.17, 15) is 0 Å². The van der Waals surface area contributed by atoms with Crippen LogP contribution in [0.25, 0.3) is 0 Å². The number of fused-ring (bicyclic) bond motifs is 1. The molecule has 0 aromatic heterocycles. The largest absolute Gasteiger partial charge is 0.349 e. The van der Waals surface area contributed by atoms with Crippen LogP contribution in [0, 0.1) is 0 Å². The number of para-hydroxylation sites is 2. The van der Waals surface area contributed by atoms with Gasteiger partial charge in [-0.3, -0.25) is 0 Å². The quantitative estimate of drug-likeness (QED) is 0.602. The molecule has 2 aliphatic heterocycles. The van der Waals surface area contributed by atoms with E-state index in [0.29, 0.717) is 0 Å². The van der Waals surface area contributed by atoms with Crippen LogP contribution in [0.3, 0.4) is 0 Å². The summed E-state index contributed by atoms with van der Waals surface area (Å²) in [5.74, 6) is 0. The third-order valence-corrected chi connectivity index (χ3v) is 6.59. The Kier molecular flexibility index (Phi) is 3.63. The summed E-state index contributed by atoms with van der Waals surface area (Å²) in [4.78, 5) is 2.44. The molecule has 0 amide bonds. The van der Waals surface area contributed by atoms with E-state index in [2.05, 4.69) is 116 Å². The Morgan fingerprint density at radius 3 is 2.07 bits per heavy atom. The highest BCUT2D eigenvalue weighted by Gasteiger charge is 2.62. The van der Waals surface area contributed by atoms with E-state index in [0.717, 1.165) is 17.8 Å². The summed E-state index contributed by atoms with van der Waals surface area (Å²) in [6.07, 6.45) is 0.865. The molecule has 5 rings (SSSR count). The van der Waals surface area contributed by atoms with Gasteiger partial charge in [0, 0.05) is 24.6 Å². The first-order valence-corrected chi connectivity index (χ1v) is 9.87. The maximum absolute atomic E-state index is 5.20. The van der Waals surface area contributed by atoms with Crippen molar-refractivity contribution in [3.8, 4) is 0 Å². The fourth-order valence-electron chi connectivity index (χ4n) is 5.05. The smallest absolute Gasteiger partial charge is 0.149 e. The molecule has 3 aromatic rings. The molecule has 1 spiro atoms. The molecule has 28 heavy (non-hydrogen) atoms. The molecule has 2 aliphatic rings. The van der Waals surface area contributed by atoms with E-state index >= 15 is 0 Å². The van der Waals surface area contributed by atoms with E-state index in [1.165, 1.54) is 16.8 Å². The van der Waals surface area contributed by atoms with Crippen molar-refractivity contribution in [2.24, 2.45) is 5.10 Å². The lowest BCUT2D eigenvalue weighted by molar-refractivity contribution is 0.279. The Balaban J connectivity index is 1.72. The van der Waals surface area contributed by atoms with Gasteiger partial charge < -0.3 is 4.90 Å². The Morgan fingerprint density at radius 2 is 1.39 bits per heavy atom. The lowest BCUT2D eigenvalue weighted by Gasteiger charge is -2.48. The van der Waals surface area contributed by atoms with Gasteiger partial charge in [-0.15, -0.1) is 0 Å². The third kappa shape index (κ3) is 2.13. The lowest BCUT2D eigenvalue weighted by Crippen LogP contribution is -2.62. The predicted octanol–water partition coefficient (Wildman–Crippen LogP) is 5.42. The summed E-state index contributed by atoms with van der Waals surface area (Å²) in [5, 5.41) is 7.46. The number of hydrazone groups is 1. The van der Waals surface area contributed by atoms with Crippen LogP contribution in [-0.2, 0) is 5.41 Å². The highest BCUT2D eigenvalue weighted by molar-refractivity contribution is 6.05. The van der Waals surface area contributed by atoms with Crippen molar-refractivity contribution in [1.82, 2.24) is 0 Å². The van der Waals surface area contributed by atoms with Gasteiger partial charge in [0.25, 0.3) is 0 Å². The second-order valence-electron chi connectivity index (χ2n) is 8.25. The zero-order chi connectivity index (χ0) is 19.4. The van der Waals surface area contributed by atoms with E-state index in [-0.39, 0.29) is 11.1 Å². The molecular formula is C25H25N3. The highest BCUT2D eigenvalue weighted by atomic mass is 15.6.